The van der Waals surface area contributed by atoms with Crippen molar-refractivity contribution < 1.29 is 24.2 Å². The lowest BCUT2D eigenvalue weighted by atomic mass is 10.0. The number of carbonyl (C=O) groups is 3. The molecule has 0 rings (SSSR count). The van der Waals surface area contributed by atoms with Crippen LogP contribution in [0.3, 0.4) is 0 Å². The number of hydrogen-bond donors (Lipinski definition) is 2. The van der Waals surface area contributed by atoms with E-state index < -0.39 is 12.0 Å². The molecule has 0 radical (unpaired) electrons. The molecule has 0 spiro atoms. The van der Waals surface area contributed by atoms with Gasteiger partial charge in [0.05, 0.1) is 6.61 Å². The molecule has 0 unspecified atom stereocenters. The minimum atomic E-state index is -1.10. The Morgan fingerprint density at radius 1 is 0.524 bits per heavy atom. The van der Waals surface area contributed by atoms with Crippen LogP contribution in [0.25, 0.3) is 0 Å². The van der Waals surface area contributed by atoms with Crippen LogP contribution in [-0.2, 0) is 19.1 Å². The number of rotatable bonds is 33. The molecular weight excluding hydrogens is 526 g/mol. The highest BCUT2D eigenvalue weighted by atomic mass is 16.5. The summed E-state index contributed by atoms with van der Waals surface area (Å²) in [5.41, 5.74) is 0. The third-order valence-corrected chi connectivity index (χ3v) is 8.29. The SMILES string of the molecule is CCCCCCCCCCCCCCCCCC(=O)N[C@@H](CCC(=O)OCCCCCCCCCCCCC)C(=O)O. The van der Waals surface area contributed by atoms with Gasteiger partial charge in [0.2, 0.25) is 5.91 Å². The Morgan fingerprint density at radius 2 is 0.881 bits per heavy atom. The normalized spacial score (nSPS) is 11.9. The predicted molar refractivity (Wildman–Crippen MR) is 176 cm³/mol. The highest BCUT2D eigenvalue weighted by molar-refractivity contribution is 5.84. The van der Waals surface area contributed by atoms with Crippen LogP contribution in [0.15, 0.2) is 0 Å². The molecular formula is C36H69NO5. The largest absolute Gasteiger partial charge is 0.480 e. The first-order valence-corrected chi connectivity index (χ1v) is 18.2. The molecule has 0 aromatic heterocycles. The van der Waals surface area contributed by atoms with Gasteiger partial charge in [0.25, 0.3) is 0 Å². The molecule has 6 nitrogen and oxygen atoms in total. The summed E-state index contributed by atoms with van der Waals surface area (Å²) in [7, 11) is 0. The third kappa shape index (κ3) is 29.9. The quantitative estimate of drug-likeness (QED) is 0.0581. The van der Waals surface area contributed by atoms with Crippen molar-refractivity contribution in [2.75, 3.05) is 6.61 Å². The van der Waals surface area contributed by atoms with Gasteiger partial charge in [-0.05, 0) is 19.3 Å². The molecule has 0 aromatic carbocycles. The second kappa shape index (κ2) is 32.3. The molecule has 1 atom stereocenters. The highest BCUT2D eigenvalue weighted by Crippen LogP contribution is 2.14. The number of carboxylic acid groups (broad SMARTS) is 1. The van der Waals surface area contributed by atoms with Crippen molar-refractivity contribution >= 4 is 17.8 Å². The lowest BCUT2D eigenvalue weighted by molar-refractivity contribution is -0.145. The third-order valence-electron chi connectivity index (χ3n) is 8.29. The standard InChI is InChI=1S/C36H69NO5/c1-3-5-7-9-11-13-15-16-17-18-19-21-23-25-27-29-34(38)37-33(36(40)41)30-31-35(39)42-32-28-26-24-22-20-14-12-10-8-6-4-2/h33H,3-32H2,1-2H3,(H,37,38)(H,40,41)/t33-/m0/s1. The van der Waals surface area contributed by atoms with E-state index in [1.54, 1.807) is 0 Å². The number of hydrogen-bond acceptors (Lipinski definition) is 4. The average Bonchev–Trinajstić information content (AvgIpc) is 2.97. The van der Waals surface area contributed by atoms with Gasteiger partial charge in [-0.2, -0.15) is 0 Å². The lowest BCUT2D eigenvalue weighted by Crippen LogP contribution is -2.41. The molecule has 1 amide bonds. The number of ether oxygens (including phenoxy) is 1. The van der Waals surface area contributed by atoms with E-state index in [-0.39, 0.29) is 24.7 Å². The van der Waals surface area contributed by atoms with Crippen molar-refractivity contribution in [2.45, 2.75) is 206 Å². The fraction of sp³-hybridized carbons (Fsp3) is 0.917. The maximum Gasteiger partial charge on any atom is 0.326 e. The lowest BCUT2D eigenvalue weighted by Gasteiger charge is -2.14. The highest BCUT2D eigenvalue weighted by Gasteiger charge is 2.21. The number of carbonyl (C=O) groups excluding carboxylic acids is 2. The fourth-order valence-electron chi connectivity index (χ4n) is 5.47. The molecule has 0 bridgehead atoms. The molecule has 248 valence electrons. The smallest absolute Gasteiger partial charge is 0.326 e. The molecule has 42 heavy (non-hydrogen) atoms. The first kappa shape index (κ1) is 40.4. The van der Waals surface area contributed by atoms with Gasteiger partial charge in [0, 0.05) is 12.8 Å². The first-order valence-electron chi connectivity index (χ1n) is 18.2. The molecule has 6 heteroatoms. The zero-order valence-corrected chi connectivity index (χ0v) is 27.9. The zero-order valence-electron chi connectivity index (χ0n) is 27.9. The Hall–Kier alpha value is -1.59. The second-order valence-corrected chi connectivity index (χ2v) is 12.5. The summed E-state index contributed by atoms with van der Waals surface area (Å²) in [6, 6.07) is -1.04. The molecule has 0 aromatic rings. The van der Waals surface area contributed by atoms with Gasteiger partial charge in [-0.25, -0.2) is 4.79 Å². The molecule has 2 N–H and O–H groups in total. The molecule has 0 heterocycles. The number of esters is 1. The van der Waals surface area contributed by atoms with Crippen LogP contribution in [0.4, 0.5) is 0 Å². The Labute approximate surface area is 259 Å². The van der Waals surface area contributed by atoms with Crippen LogP contribution >= 0.6 is 0 Å². The van der Waals surface area contributed by atoms with E-state index in [0.29, 0.717) is 13.0 Å². The average molecular weight is 596 g/mol. The number of amides is 1. The molecule has 0 aliphatic rings. The molecule has 0 aliphatic carbocycles. The number of nitrogens with one attached hydrogen (secondary N) is 1. The van der Waals surface area contributed by atoms with E-state index in [4.69, 9.17) is 4.74 Å². The summed E-state index contributed by atoms with van der Waals surface area (Å²) in [6.45, 7) is 4.89. The van der Waals surface area contributed by atoms with Crippen LogP contribution in [-0.4, -0.2) is 35.6 Å². The summed E-state index contributed by atoms with van der Waals surface area (Å²) in [5, 5.41) is 12.1. The Morgan fingerprint density at radius 3 is 1.26 bits per heavy atom. The molecule has 0 aliphatic heterocycles. The van der Waals surface area contributed by atoms with Crippen LogP contribution in [0, 0.1) is 0 Å². The maximum absolute atomic E-state index is 12.2. The molecule has 0 fully saturated rings. The van der Waals surface area contributed by atoms with E-state index in [2.05, 4.69) is 19.2 Å². The van der Waals surface area contributed by atoms with E-state index in [9.17, 15) is 19.5 Å². The van der Waals surface area contributed by atoms with Crippen molar-refractivity contribution in [1.82, 2.24) is 5.32 Å². The predicted octanol–water partition coefficient (Wildman–Crippen LogP) is 10.5. The van der Waals surface area contributed by atoms with Crippen molar-refractivity contribution in [2.24, 2.45) is 0 Å². The first-order chi connectivity index (χ1) is 20.5. The number of carboxylic acids is 1. The minimum absolute atomic E-state index is 0.00817. The maximum atomic E-state index is 12.2. The van der Waals surface area contributed by atoms with Gasteiger partial charge >= 0.3 is 11.9 Å². The van der Waals surface area contributed by atoms with E-state index >= 15 is 0 Å². The topological polar surface area (TPSA) is 92.7 Å². The van der Waals surface area contributed by atoms with Gasteiger partial charge in [-0.3, -0.25) is 9.59 Å². The van der Waals surface area contributed by atoms with Crippen LogP contribution in [0.2, 0.25) is 0 Å². The fourth-order valence-corrected chi connectivity index (χ4v) is 5.47. The van der Waals surface area contributed by atoms with E-state index in [1.807, 2.05) is 0 Å². The molecule has 0 saturated heterocycles. The van der Waals surface area contributed by atoms with Crippen molar-refractivity contribution in [3.8, 4) is 0 Å². The van der Waals surface area contributed by atoms with Gasteiger partial charge in [-0.1, -0.05) is 168 Å². The van der Waals surface area contributed by atoms with Crippen LogP contribution < -0.4 is 5.32 Å². The monoisotopic (exact) mass is 596 g/mol. The van der Waals surface area contributed by atoms with Gasteiger partial charge in [0.15, 0.2) is 0 Å². The summed E-state index contributed by atoms with van der Waals surface area (Å²) in [5.74, 6) is -1.73. The van der Waals surface area contributed by atoms with Crippen molar-refractivity contribution in [3.63, 3.8) is 0 Å². The second-order valence-electron chi connectivity index (χ2n) is 12.5. The zero-order chi connectivity index (χ0) is 30.9. The Bertz CT molecular complexity index is 624. The summed E-state index contributed by atoms with van der Waals surface area (Å²) < 4.78 is 5.28. The summed E-state index contributed by atoms with van der Waals surface area (Å²) in [4.78, 5) is 35.8. The van der Waals surface area contributed by atoms with Crippen molar-refractivity contribution in [1.29, 1.82) is 0 Å². The van der Waals surface area contributed by atoms with Crippen LogP contribution in [0.1, 0.15) is 200 Å². The van der Waals surface area contributed by atoms with Gasteiger partial charge in [0.1, 0.15) is 6.04 Å². The van der Waals surface area contributed by atoms with Crippen molar-refractivity contribution in [3.05, 3.63) is 0 Å². The number of aliphatic carboxylic acids is 1. The van der Waals surface area contributed by atoms with E-state index in [0.717, 1.165) is 32.1 Å². The Kier molecular flexibility index (Phi) is 31.1. The van der Waals surface area contributed by atoms with E-state index in [1.165, 1.54) is 135 Å². The van der Waals surface area contributed by atoms with Gasteiger partial charge in [-0.15, -0.1) is 0 Å². The summed E-state index contributed by atoms with van der Waals surface area (Å²) in [6.07, 6.45) is 33.0. The Balaban J connectivity index is 3.64. The van der Waals surface area contributed by atoms with Gasteiger partial charge < -0.3 is 15.2 Å². The number of unbranched alkanes of at least 4 members (excludes halogenated alkanes) is 24. The molecule has 0 saturated carbocycles. The summed E-state index contributed by atoms with van der Waals surface area (Å²) >= 11 is 0. The van der Waals surface area contributed by atoms with Crippen LogP contribution in [0.5, 0.6) is 0 Å². The minimum Gasteiger partial charge on any atom is -0.480 e.